The largest absolute Gasteiger partial charge is 0.423 e. The Labute approximate surface area is 182 Å². The molecule has 3 aromatic rings. The van der Waals surface area contributed by atoms with Crippen molar-refractivity contribution in [3.05, 3.63) is 99.5 Å². The van der Waals surface area contributed by atoms with E-state index >= 15 is 0 Å². The number of carbonyl (C=O) groups is 2. The molecule has 0 aliphatic carbocycles. The Morgan fingerprint density at radius 3 is 2.30 bits per heavy atom. The molecule has 3 aromatic carbocycles. The van der Waals surface area contributed by atoms with Gasteiger partial charge in [-0.1, -0.05) is 42.0 Å². The van der Waals surface area contributed by atoms with Crippen LogP contribution in [0.2, 0.25) is 0 Å². The van der Waals surface area contributed by atoms with E-state index in [1.54, 1.807) is 54.6 Å². The highest BCUT2D eigenvalue weighted by molar-refractivity contribution is 9.10. The molecule has 0 aromatic heterocycles. The molecule has 3 rings (SSSR count). The Kier molecular flexibility index (Phi) is 6.79. The van der Waals surface area contributed by atoms with Crippen LogP contribution in [0.25, 0.3) is 6.08 Å². The number of halogens is 1. The number of hydrogen-bond acceptors (Lipinski definition) is 4. The van der Waals surface area contributed by atoms with Crippen LogP contribution in [0.5, 0.6) is 5.75 Å². The lowest BCUT2D eigenvalue weighted by Crippen LogP contribution is -2.13. The summed E-state index contributed by atoms with van der Waals surface area (Å²) in [4.78, 5) is 24.6. The van der Waals surface area contributed by atoms with Crippen molar-refractivity contribution < 1.29 is 14.3 Å². The van der Waals surface area contributed by atoms with Crippen LogP contribution >= 0.6 is 15.9 Å². The lowest BCUT2D eigenvalue weighted by atomic mass is 10.1. The third-order valence-corrected chi connectivity index (χ3v) is 4.86. The second-order valence-electron chi connectivity index (χ2n) is 6.43. The molecule has 0 atom stereocenters. The fourth-order valence-corrected chi connectivity index (χ4v) is 3.02. The van der Waals surface area contributed by atoms with Crippen LogP contribution in [-0.4, -0.2) is 11.9 Å². The molecule has 1 N–H and O–H groups in total. The Bertz CT molecular complexity index is 1140. The molecule has 0 unspecified atom stereocenters. The fraction of sp³-hybridized carbons (Fsp3) is 0.0417. The number of amides is 1. The first-order valence-corrected chi connectivity index (χ1v) is 9.82. The number of nitrogens with one attached hydrogen (secondary N) is 1. The third-order valence-electron chi connectivity index (χ3n) is 4.17. The van der Waals surface area contributed by atoms with Crippen LogP contribution in [-0.2, 0) is 4.79 Å². The monoisotopic (exact) mass is 460 g/mol. The number of anilines is 1. The average molecular weight is 461 g/mol. The van der Waals surface area contributed by atoms with Gasteiger partial charge in [0.15, 0.2) is 0 Å². The third kappa shape index (κ3) is 5.43. The summed E-state index contributed by atoms with van der Waals surface area (Å²) in [5.74, 6) is -0.623. The number of ether oxygens (including phenoxy) is 1. The molecule has 0 spiro atoms. The van der Waals surface area contributed by atoms with E-state index in [-0.39, 0.29) is 5.57 Å². The lowest BCUT2D eigenvalue weighted by molar-refractivity contribution is -0.112. The van der Waals surface area contributed by atoms with Gasteiger partial charge in [0, 0.05) is 10.2 Å². The van der Waals surface area contributed by atoms with Gasteiger partial charge in [0.25, 0.3) is 5.91 Å². The van der Waals surface area contributed by atoms with Gasteiger partial charge in [-0.2, -0.15) is 5.26 Å². The van der Waals surface area contributed by atoms with E-state index in [4.69, 9.17) is 4.74 Å². The van der Waals surface area contributed by atoms with Crippen molar-refractivity contribution in [2.75, 3.05) is 5.32 Å². The maximum atomic E-state index is 12.4. The summed E-state index contributed by atoms with van der Waals surface area (Å²) >= 11 is 3.32. The highest BCUT2D eigenvalue weighted by Crippen LogP contribution is 2.20. The number of benzene rings is 3. The van der Waals surface area contributed by atoms with Gasteiger partial charge in [0.05, 0.1) is 5.56 Å². The van der Waals surface area contributed by atoms with Crippen LogP contribution in [0.15, 0.2) is 82.8 Å². The Hall–Kier alpha value is -3.69. The van der Waals surface area contributed by atoms with Crippen LogP contribution in [0.1, 0.15) is 21.5 Å². The molecule has 5 nitrogen and oxygen atoms in total. The van der Waals surface area contributed by atoms with Gasteiger partial charge in [-0.3, -0.25) is 4.79 Å². The number of aryl methyl sites for hydroxylation is 1. The highest BCUT2D eigenvalue weighted by atomic mass is 79.9. The van der Waals surface area contributed by atoms with E-state index in [1.165, 1.54) is 6.08 Å². The van der Waals surface area contributed by atoms with Gasteiger partial charge >= 0.3 is 5.97 Å². The highest BCUT2D eigenvalue weighted by Gasteiger charge is 2.12. The molecule has 6 heteroatoms. The van der Waals surface area contributed by atoms with E-state index in [2.05, 4.69) is 21.2 Å². The standard InChI is InChI=1S/C24H17BrN2O3/c1-16-6-10-19(11-7-16)27-23(28)18(15-26)14-17-8-12-20(13-9-17)30-24(29)21-4-2-3-5-22(21)25/h2-14H,1H3,(H,27,28)/b18-14-. The summed E-state index contributed by atoms with van der Waals surface area (Å²) in [6.07, 6.45) is 1.48. The predicted octanol–water partition coefficient (Wildman–Crippen LogP) is 5.52. The zero-order valence-electron chi connectivity index (χ0n) is 16.1. The Morgan fingerprint density at radius 2 is 1.67 bits per heavy atom. The molecule has 0 saturated carbocycles. The van der Waals surface area contributed by atoms with Gasteiger partial charge in [0.2, 0.25) is 0 Å². The molecular formula is C24H17BrN2O3. The maximum absolute atomic E-state index is 12.4. The van der Waals surface area contributed by atoms with Gasteiger partial charge in [-0.05, 0) is 70.9 Å². The minimum atomic E-state index is -0.495. The molecular weight excluding hydrogens is 444 g/mol. The summed E-state index contributed by atoms with van der Waals surface area (Å²) < 4.78 is 6.02. The SMILES string of the molecule is Cc1ccc(NC(=O)/C(C#N)=C\c2ccc(OC(=O)c3ccccc3Br)cc2)cc1. The summed E-state index contributed by atoms with van der Waals surface area (Å²) in [6.45, 7) is 1.95. The number of esters is 1. The minimum Gasteiger partial charge on any atom is -0.423 e. The molecule has 0 heterocycles. The van der Waals surface area contributed by atoms with Crippen molar-refractivity contribution >= 4 is 39.6 Å². The van der Waals surface area contributed by atoms with Crippen molar-refractivity contribution in [1.29, 1.82) is 5.26 Å². The number of nitriles is 1. The zero-order chi connectivity index (χ0) is 21.5. The number of nitrogens with zero attached hydrogens (tertiary/aromatic N) is 1. The van der Waals surface area contributed by atoms with Gasteiger partial charge in [-0.25, -0.2) is 4.79 Å². The van der Waals surface area contributed by atoms with Crippen molar-refractivity contribution in [2.45, 2.75) is 6.92 Å². The van der Waals surface area contributed by atoms with Crippen molar-refractivity contribution in [2.24, 2.45) is 0 Å². The Morgan fingerprint density at radius 1 is 1.00 bits per heavy atom. The normalized spacial score (nSPS) is 10.8. The quantitative estimate of drug-likeness (QED) is 0.235. The average Bonchev–Trinajstić information content (AvgIpc) is 2.75. The van der Waals surface area contributed by atoms with Crippen LogP contribution in [0.4, 0.5) is 5.69 Å². The predicted molar refractivity (Wildman–Crippen MR) is 119 cm³/mol. The summed E-state index contributed by atoms with van der Waals surface area (Å²) in [5, 5.41) is 12.1. The van der Waals surface area contributed by atoms with Crippen LogP contribution < -0.4 is 10.1 Å². The smallest absolute Gasteiger partial charge is 0.344 e. The summed E-state index contributed by atoms with van der Waals surface area (Å²) in [6, 6.07) is 22.7. The second kappa shape index (κ2) is 9.68. The Balaban J connectivity index is 1.69. The number of hydrogen-bond donors (Lipinski definition) is 1. The first-order chi connectivity index (χ1) is 14.5. The van der Waals surface area contributed by atoms with E-state index < -0.39 is 11.9 Å². The first kappa shape index (κ1) is 21.0. The zero-order valence-corrected chi connectivity index (χ0v) is 17.6. The molecule has 30 heavy (non-hydrogen) atoms. The van der Waals surface area contributed by atoms with E-state index in [0.29, 0.717) is 27.0 Å². The van der Waals surface area contributed by atoms with Crippen molar-refractivity contribution in [3.8, 4) is 11.8 Å². The van der Waals surface area contributed by atoms with E-state index in [9.17, 15) is 14.9 Å². The van der Waals surface area contributed by atoms with Crippen molar-refractivity contribution in [3.63, 3.8) is 0 Å². The molecule has 0 radical (unpaired) electrons. The molecule has 148 valence electrons. The summed E-state index contributed by atoms with van der Waals surface area (Å²) in [7, 11) is 0. The molecule has 0 fully saturated rings. The van der Waals surface area contributed by atoms with E-state index in [1.807, 2.05) is 31.2 Å². The van der Waals surface area contributed by atoms with Gasteiger partial charge < -0.3 is 10.1 Å². The topological polar surface area (TPSA) is 79.2 Å². The number of carbonyl (C=O) groups excluding carboxylic acids is 2. The van der Waals surface area contributed by atoms with Crippen molar-refractivity contribution in [1.82, 2.24) is 0 Å². The molecule has 0 aliphatic heterocycles. The van der Waals surface area contributed by atoms with Crippen LogP contribution in [0.3, 0.4) is 0 Å². The first-order valence-electron chi connectivity index (χ1n) is 9.03. The van der Waals surface area contributed by atoms with Gasteiger partial charge in [-0.15, -0.1) is 0 Å². The molecule has 0 aliphatic rings. The maximum Gasteiger partial charge on any atom is 0.344 e. The molecule has 1 amide bonds. The second-order valence-corrected chi connectivity index (χ2v) is 7.28. The molecule has 0 saturated heterocycles. The fourth-order valence-electron chi connectivity index (χ4n) is 2.57. The van der Waals surface area contributed by atoms with Crippen LogP contribution in [0, 0.1) is 18.3 Å². The van der Waals surface area contributed by atoms with E-state index in [0.717, 1.165) is 5.56 Å². The number of rotatable bonds is 5. The summed E-state index contributed by atoms with van der Waals surface area (Å²) in [5.41, 5.74) is 2.70. The minimum absolute atomic E-state index is 0.0338. The lowest BCUT2D eigenvalue weighted by Gasteiger charge is -2.07. The van der Waals surface area contributed by atoms with Gasteiger partial charge in [0.1, 0.15) is 17.4 Å². The molecule has 0 bridgehead atoms.